The third-order valence-corrected chi connectivity index (χ3v) is 3.52. The molecule has 0 aliphatic rings. The second kappa shape index (κ2) is 10.3. The van der Waals surface area contributed by atoms with Crippen molar-refractivity contribution < 1.29 is 19.1 Å². The first-order valence-electron chi connectivity index (χ1n) is 8.41. The van der Waals surface area contributed by atoms with Crippen molar-refractivity contribution >= 4 is 17.9 Å². The summed E-state index contributed by atoms with van der Waals surface area (Å²) in [4.78, 5) is 35.8. The van der Waals surface area contributed by atoms with Crippen molar-refractivity contribution in [3.8, 4) is 0 Å². The molecule has 0 bridgehead atoms. The topological polar surface area (TPSA) is 96.5 Å². The summed E-state index contributed by atoms with van der Waals surface area (Å²) >= 11 is 0. The summed E-state index contributed by atoms with van der Waals surface area (Å²) in [5, 5.41) is 7.98. The van der Waals surface area contributed by atoms with E-state index in [0.29, 0.717) is 12.2 Å². The predicted octanol–water partition coefficient (Wildman–Crippen LogP) is 1.61. The third kappa shape index (κ3) is 7.24. The lowest BCUT2D eigenvalue weighted by molar-refractivity contribution is -0.123. The summed E-state index contributed by atoms with van der Waals surface area (Å²) in [7, 11) is 0. The maximum Gasteiger partial charge on any atom is 0.407 e. The zero-order valence-electron chi connectivity index (χ0n) is 15.2. The van der Waals surface area contributed by atoms with Crippen LogP contribution in [-0.4, -0.2) is 43.6 Å². The highest BCUT2D eigenvalue weighted by Gasteiger charge is 2.24. The lowest BCUT2D eigenvalue weighted by Gasteiger charge is -2.22. The van der Waals surface area contributed by atoms with E-state index < -0.39 is 12.1 Å². The molecule has 0 radical (unpaired) electrons. The van der Waals surface area contributed by atoms with Crippen molar-refractivity contribution in [2.75, 3.05) is 19.7 Å². The van der Waals surface area contributed by atoms with Crippen LogP contribution in [0.5, 0.6) is 0 Å². The van der Waals surface area contributed by atoms with Gasteiger partial charge in [-0.1, -0.05) is 31.5 Å². The van der Waals surface area contributed by atoms with Gasteiger partial charge in [-0.15, -0.1) is 0 Å². The summed E-state index contributed by atoms with van der Waals surface area (Å²) in [6, 6.07) is 6.49. The Morgan fingerprint density at radius 3 is 2.20 bits per heavy atom. The highest BCUT2D eigenvalue weighted by Crippen LogP contribution is 2.06. The van der Waals surface area contributed by atoms with Crippen molar-refractivity contribution in [3.63, 3.8) is 0 Å². The number of nitrogens with one attached hydrogen (secondary N) is 3. The number of alkyl carbamates (subject to hydrolysis) is 1. The van der Waals surface area contributed by atoms with Gasteiger partial charge in [-0.2, -0.15) is 0 Å². The van der Waals surface area contributed by atoms with E-state index in [9.17, 15) is 14.4 Å². The van der Waals surface area contributed by atoms with E-state index in [2.05, 4.69) is 16.0 Å². The molecule has 3 amide bonds. The van der Waals surface area contributed by atoms with Gasteiger partial charge in [0.2, 0.25) is 5.91 Å². The molecule has 1 atom stereocenters. The van der Waals surface area contributed by atoms with Crippen LogP contribution in [0, 0.1) is 12.8 Å². The van der Waals surface area contributed by atoms with Crippen LogP contribution in [0.1, 0.15) is 36.7 Å². The number of amides is 3. The SMILES string of the molecule is CCOC(=O)NCCNC(=O)C(NC(=O)c1ccc(C)cc1)C(C)C. The Morgan fingerprint density at radius 1 is 1.04 bits per heavy atom. The van der Waals surface area contributed by atoms with E-state index in [1.165, 1.54) is 0 Å². The minimum Gasteiger partial charge on any atom is -0.450 e. The van der Waals surface area contributed by atoms with Crippen LogP contribution in [0.3, 0.4) is 0 Å². The average molecular weight is 349 g/mol. The molecular formula is C18H27N3O4. The Hall–Kier alpha value is -2.57. The fourth-order valence-electron chi connectivity index (χ4n) is 2.11. The number of benzene rings is 1. The second-order valence-corrected chi connectivity index (χ2v) is 6.00. The average Bonchev–Trinajstić information content (AvgIpc) is 2.56. The van der Waals surface area contributed by atoms with Crippen LogP contribution in [0.4, 0.5) is 4.79 Å². The molecule has 138 valence electrons. The Labute approximate surface area is 148 Å². The van der Waals surface area contributed by atoms with Gasteiger partial charge in [-0.3, -0.25) is 9.59 Å². The Morgan fingerprint density at radius 2 is 1.64 bits per heavy atom. The number of carbonyl (C=O) groups is 3. The van der Waals surface area contributed by atoms with Gasteiger partial charge in [0.15, 0.2) is 0 Å². The van der Waals surface area contributed by atoms with E-state index in [1.54, 1.807) is 19.1 Å². The Balaban J connectivity index is 2.52. The van der Waals surface area contributed by atoms with Gasteiger partial charge in [0.25, 0.3) is 5.91 Å². The summed E-state index contributed by atoms with van der Waals surface area (Å²) in [5.41, 5.74) is 1.57. The summed E-state index contributed by atoms with van der Waals surface area (Å²) in [6.07, 6.45) is -0.523. The van der Waals surface area contributed by atoms with Gasteiger partial charge in [0.05, 0.1) is 6.61 Å². The fraction of sp³-hybridized carbons (Fsp3) is 0.500. The van der Waals surface area contributed by atoms with Crippen molar-refractivity contribution in [3.05, 3.63) is 35.4 Å². The minimum atomic E-state index is -0.656. The number of carbonyl (C=O) groups excluding carboxylic acids is 3. The van der Waals surface area contributed by atoms with Crippen LogP contribution in [0.25, 0.3) is 0 Å². The third-order valence-electron chi connectivity index (χ3n) is 3.52. The largest absolute Gasteiger partial charge is 0.450 e. The summed E-state index contributed by atoms with van der Waals surface area (Å²) in [5.74, 6) is -0.660. The molecule has 7 heteroatoms. The number of hydrogen-bond acceptors (Lipinski definition) is 4. The first-order chi connectivity index (χ1) is 11.8. The van der Waals surface area contributed by atoms with E-state index >= 15 is 0 Å². The van der Waals surface area contributed by atoms with Crippen LogP contribution in [-0.2, 0) is 9.53 Å². The van der Waals surface area contributed by atoms with Crippen molar-refractivity contribution in [2.45, 2.75) is 33.7 Å². The molecule has 0 aliphatic heterocycles. The van der Waals surface area contributed by atoms with E-state index in [1.807, 2.05) is 32.9 Å². The minimum absolute atomic E-state index is 0.0765. The van der Waals surface area contributed by atoms with Crippen molar-refractivity contribution in [2.24, 2.45) is 5.92 Å². The predicted molar refractivity (Wildman–Crippen MR) is 95.3 cm³/mol. The first kappa shape index (κ1) is 20.5. The molecule has 3 N–H and O–H groups in total. The monoisotopic (exact) mass is 349 g/mol. The van der Waals surface area contributed by atoms with Crippen LogP contribution in [0.15, 0.2) is 24.3 Å². The molecule has 0 heterocycles. The van der Waals surface area contributed by atoms with Gasteiger partial charge >= 0.3 is 6.09 Å². The molecular weight excluding hydrogens is 322 g/mol. The molecule has 0 saturated heterocycles. The summed E-state index contributed by atoms with van der Waals surface area (Å²) < 4.78 is 4.72. The zero-order valence-corrected chi connectivity index (χ0v) is 15.2. The summed E-state index contributed by atoms with van der Waals surface area (Å²) in [6.45, 7) is 8.16. The van der Waals surface area contributed by atoms with E-state index in [4.69, 9.17) is 4.74 Å². The normalized spacial score (nSPS) is 11.6. The van der Waals surface area contributed by atoms with Gasteiger partial charge in [-0.25, -0.2) is 4.79 Å². The molecule has 25 heavy (non-hydrogen) atoms. The molecule has 1 rings (SSSR count). The van der Waals surface area contributed by atoms with Crippen LogP contribution >= 0.6 is 0 Å². The number of hydrogen-bond donors (Lipinski definition) is 3. The van der Waals surface area contributed by atoms with Gasteiger partial charge < -0.3 is 20.7 Å². The van der Waals surface area contributed by atoms with Crippen molar-refractivity contribution in [1.82, 2.24) is 16.0 Å². The fourth-order valence-corrected chi connectivity index (χ4v) is 2.11. The maximum atomic E-state index is 12.3. The molecule has 0 spiro atoms. The molecule has 1 aromatic carbocycles. The number of aryl methyl sites for hydroxylation is 1. The highest BCUT2D eigenvalue weighted by atomic mass is 16.5. The quantitative estimate of drug-likeness (QED) is 0.621. The van der Waals surface area contributed by atoms with Crippen molar-refractivity contribution in [1.29, 1.82) is 0 Å². The van der Waals surface area contributed by atoms with Crippen LogP contribution in [0.2, 0.25) is 0 Å². The number of rotatable bonds is 8. The molecule has 1 aromatic rings. The molecule has 1 unspecified atom stereocenters. The molecule has 0 saturated carbocycles. The molecule has 7 nitrogen and oxygen atoms in total. The molecule has 0 aromatic heterocycles. The smallest absolute Gasteiger partial charge is 0.407 e. The Kier molecular flexibility index (Phi) is 8.46. The van der Waals surface area contributed by atoms with Gasteiger partial charge in [0.1, 0.15) is 6.04 Å². The van der Waals surface area contributed by atoms with Gasteiger partial charge in [-0.05, 0) is 31.9 Å². The lowest BCUT2D eigenvalue weighted by Crippen LogP contribution is -2.50. The van der Waals surface area contributed by atoms with Crippen LogP contribution < -0.4 is 16.0 Å². The zero-order chi connectivity index (χ0) is 18.8. The molecule has 0 aliphatic carbocycles. The second-order valence-electron chi connectivity index (χ2n) is 6.00. The van der Waals surface area contributed by atoms with E-state index in [0.717, 1.165) is 5.56 Å². The first-order valence-corrected chi connectivity index (χ1v) is 8.41. The maximum absolute atomic E-state index is 12.3. The van der Waals surface area contributed by atoms with Gasteiger partial charge in [0, 0.05) is 18.7 Å². The highest BCUT2D eigenvalue weighted by molar-refractivity contribution is 5.97. The van der Waals surface area contributed by atoms with E-state index in [-0.39, 0.29) is 30.8 Å². The standard InChI is InChI=1S/C18H27N3O4/c1-5-25-18(24)20-11-10-19-17(23)15(12(2)3)21-16(22)14-8-6-13(4)7-9-14/h6-9,12,15H,5,10-11H2,1-4H3,(H,19,23)(H,20,24)(H,21,22). The lowest BCUT2D eigenvalue weighted by atomic mass is 10.0. The molecule has 0 fully saturated rings. The Bertz CT molecular complexity index is 584. The number of ether oxygens (including phenoxy) is 1.